The molecular formula is C13H9BrCl2N2O2. The summed E-state index contributed by atoms with van der Waals surface area (Å²) >= 11 is 15.1. The van der Waals surface area contributed by atoms with E-state index in [1.165, 1.54) is 6.20 Å². The SMILES string of the molecule is O=C(COc1cccnc1Cl)Nc1ccc(Br)cc1Cl. The molecule has 0 aliphatic rings. The number of carbonyl (C=O) groups is 1. The molecule has 1 amide bonds. The van der Waals surface area contributed by atoms with E-state index in [-0.39, 0.29) is 17.7 Å². The van der Waals surface area contributed by atoms with Crippen LogP contribution in [0.4, 0.5) is 5.69 Å². The monoisotopic (exact) mass is 374 g/mol. The predicted molar refractivity (Wildman–Crippen MR) is 82.5 cm³/mol. The molecule has 0 unspecified atom stereocenters. The van der Waals surface area contributed by atoms with Gasteiger partial charge < -0.3 is 10.1 Å². The van der Waals surface area contributed by atoms with Crippen molar-refractivity contribution in [2.45, 2.75) is 0 Å². The zero-order valence-corrected chi connectivity index (χ0v) is 13.2. The van der Waals surface area contributed by atoms with Crippen LogP contribution in [0.5, 0.6) is 5.75 Å². The second kappa shape index (κ2) is 6.92. The van der Waals surface area contributed by atoms with Gasteiger partial charge >= 0.3 is 0 Å². The Labute approximate surface area is 134 Å². The van der Waals surface area contributed by atoms with Crippen LogP contribution in [-0.2, 0) is 4.79 Å². The lowest BCUT2D eigenvalue weighted by Gasteiger charge is -2.09. The average molecular weight is 376 g/mol. The van der Waals surface area contributed by atoms with E-state index in [2.05, 4.69) is 26.2 Å². The molecule has 0 aliphatic heterocycles. The molecular weight excluding hydrogens is 367 g/mol. The predicted octanol–water partition coefficient (Wildman–Crippen LogP) is 4.17. The van der Waals surface area contributed by atoms with Gasteiger partial charge in [-0.2, -0.15) is 0 Å². The van der Waals surface area contributed by atoms with Crippen molar-refractivity contribution in [3.8, 4) is 5.75 Å². The van der Waals surface area contributed by atoms with Crippen molar-refractivity contribution < 1.29 is 9.53 Å². The summed E-state index contributed by atoms with van der Waals surface area (Å²) in [4.78, 5) is 15.6. The number of halogens is 3. The van der Waals surface area contributed by atoms with Crippen molar-refractivity contribution in [2.75, 3.05) is 11.9 Å². The van der Waals surface area contributed by atoms with Crippen LogP contribution in [-0.4, -0.2) is 17.5 Å². The minimum atomic E-state index is -0.339. The van der Waals surface area contributed by atoms with Crippen molar-refractivity contribution in [2.24, 2.45) is 0 Å². The molecule has 7 heteroatoms. The number of ether oxygens (including phenoxy) is 1. The molecule has 0 bridgehead atoms. The van der Waals surface area contributed by atoms with Crippen molar-refractivity contribution in [1.29, 1.82) is 0 Å². The first kappa shape index (κ1) is 15.1. The number of hydrogen-bond donors (Lipinski definition) is 1. The largest absolute Gasteiger partial charge is 0.481 e. The number of nitrogens with one attached hydrogen (secondary N) is 1. The van der Waals surface area contributed by atoms with E-state index >= 15 is 0 Å². The second-order valence-corrected chi connectivity index (χ2v) is 5.43. The van der Waals surface area contributed by atoms with E-state index in [0.717, 1.165) is 4.47 Å². The smallest absolute Gasteiger partial charge is 0.262 e. The summed E-state index contributed by atoms with van der Waals surface area (Å²) in [6, 6.07) is 8.47. The molecule has 20 heavy (non-hydrogen) atoms. The van der Waals surface area contributed by atoms with Gasteiger partial charge in [0, 0.05) is 10.7 Å². The zero-order valence-electron chi connectivity index (χ0n) is 10.1. The van der Waals surface area contributed by atoms with Gasteiger partial charge in [-0.05, 0) is 30.3 Å². The van der Waals surface area contributed by atoms with E-state index in [0.29, 0.717) is 16.5 Å². The minimum absolute atomic E-state index is 0.183. The molecule has 0 aliphatic carbocycles. The summed E-state index contributed by atoms with van der Waals surface area (Å²) < 4.78 is 6.11. The average Bonchev–Trinajstić information content (AvgIpc) is 2.41. The fraction of sp³-hybridized carbons (Fsp3) is 0.0769. The molecule has 0 saturated carbocycles. The number of aromatic nitrogens is 1. The standard InChI is InChI=1S/C13H9BrCl2N2O2/c14-8-3-4-10(9(15)6-8)18-12(19)7-20-11-2-1-5-17-13(11)16/h1-6H,7H2,(H,18,19). The Kier molecular flexibility index (Phi) is 5.23. The number of nitrogens with zero attached hydrogens (tertiary/aromatic N) is 1. The summed E-state index contributed by atoms with van der Waals surface area (Å²) in [5.74, 6) is 0.0142. The summed E-state index contributed by atoms with van der Waals surface area (Å²) in [5.41, 5.74) is 0.515. The molecule has 0 saturated heterocycles. The molecule has 2 aromatic rings. The molecule has 0 atom stereocenters. The first-order chi connectivity index (χ1) is 9.56. The molecule has 4 nitrogen and oxygen atoms in total. The quantitative estimate of drug-likeness (QED) is 0.816. The van der Waals surface area contributed by atoms with Crippen LogP contribution in [0.2, 0.25) is 10.2 Å². The lowest BCUT2D eigenvalue weighted by molar-refractivity contribution is -0.118. The Bertz CT molecular complexity index is 638. The van der Waals surface area contributed by atoms with Gasteiger partial charge in [0.15, 0.2) is 17.5 Å². The highest BCUT2D eigenvalue weighted by molar-refractivity contribution is 9.10. The molecule has 104 valence electrons. The highest BCUT2D eigenvalue weighted by Crippen LogP contribution is 2.25. The third-order valence-corrected chi connectivity index (χ3v) is 3.38. The molecule has 0 spiro atoms. The van der Waals surface area contributed by atoms with E-state index in [4.69, 9.17) is 27.9 Å². The molecule has 0 radical (unpaired) electrons. The van der Waals surface area contributed by atoms with Crippen molar-refractivity contribution in [3.63, 3.8) is 0 Å². The maximum Gasteiger partial charge on any atom is 0.262 e. The number of rotatable bonds is 4. The summed E-state index contributed by atoms with van der Waals surface area (Å²) in [6.45, 7) is -0.183. The molecule has 0 fully saturated rings. The number of hydrogen-bond acceptors (Lipinski definition) is 3. The van der Waals surface area contributed by atoms with Gasteiger partial charge in [0.05, 0.1) is 10.7 Å². The van der Waals surface area contributed by atoms with Crippen molar-refractivity contribution in [1.82, 2.24) is 4.98 Å². The van der Waals surface area contributed by atoms with Gasteiger partial charge in [0.1, 0.15) is 0 Å². The third kappa shape index (κ3) is 4.10. The Hall–Kier alpha value is -1.30. The van der Waals surface area contributed by atoms with Gasteiger partial charge in [0.2, 0.25) is 0 Å². The van der Waals surface area contributed by atoms with E-state index in [1.807, 2.05) is 0 Å². The Morgan fingerprint density at radius 2 is 2.15 bits per heavy atom. The van der Waals surface area contributed by atoms with Crippen LogP contribution in [0.25, 0.3) is 0 Å². The van der Waals surface area contributed by atoms with Crippen molar-refractivity contribution in [3.05, 3.63) is 51.2 Å². The Morgan fingerprint density at radius 3 is 2.85 bits per heavy atom. The lowest BCUT2D eigenvalue weighted by Crippen LogP contribution is -2.20. The van der Waals surface area contributed by atoms with Crippen LogP contribution in [0.15, 0.2) is 41.0 Å². The normalized spacial score (nSPS) is 10.2. The number of pyridine rings is 1. The van der Waals surface area contributed by atoms with E-state index < -0.39 is 0 Å². The topological polar surface area (TPSA) is 51.2 Å². The van der Waals surface area contributed by atoms with Gasteiger partial charge in [-0.15, -0.1) is 0 Å². The number of amides is 1. The first-order valence-corrected chi connectivity index (χ1v) is 7.09. The fourth-order valence-electron chi connectivity index (χ4n) is 1.40. The number of anilines is 1. The van der Waals surface area contributed by atoms with Crippen LogP contribution in [0, 0.1) is 0 Å². The molecule has 1 N–H and O–H groups in total. The van der Waals surface area contributed by atoms with Gasteiger partial charge in [-0.25, -0.2) is 4.98 Å². The highest BCUT2D eigenvalue weighted by atomic mass is 79.9. The zero-order chi connectivity index (χ0) is 14.5. The van der Waals surface area contributed by atoms with Crippen LogP contribution in [0.1, 0.15) is 0 Å². The molecule has 1 aromatic carbocycles. The second-order valence-electron chi connectivity index (χ2n) is 3.75. The fourth-order valence-corrected chi connectivity index (χ4v) is 2.29. The van der Waals surface area contributed by atoms with Crippen molar-refractivity contribution >= 4 is 50.7 Å². The van der Waals surface area contributed by atoms with Crippen LogP contribution < -0.4 is 10.1 Å². The van der Waals surface area contributed by atoms with E-state index in [1.54, 1.807) is 30.3 Å². The maximum atomic E-state index is 11.8. The summed E-state index contributed by atoms with van der Waals surface area (Å²) in [5, 5.41) is 3.29. The number of carbonyl (C=O) groups excluding carboxylic acids is 1. The maximum absolute atomic E-state index is 11.8. The van der Waals surface area contributed by atoms with Crippen LogP contribution >= 0.6 is 39.1 Å². The van der Waals surface area contributed by atoms with Gasteiger partial charge in [-0.3, -0.25) is 4.79 Å². The molecule has 1 aromatic heterocycles. The van der Waals surface area contributed by atoms with Gasteiger partial charge in [0.25, 0.3) is 5.91 Å². The minimum Gasteiger partial charge on any atom is -0.481 e. The Morgan fingerprint density at radius 1 is 1.35 bits per heavy atom. The summed E-state index contributed by atoms with van der Waals surface area (Å²) in [6.07, 6.45) is 1.54. The molecule has 2 rings (SSSR count). The Balaban J connectivity index is 1.94. The first-order valence-electron chi connectivity index (χ1n) is 5.54. The van der Waals surface area contributed by atoms with Gasteiger partial charge in [-0.1, -0.05) is 39.1 Å². The lowest BCUT2D eigenvalue weighted by atomic mass is 10.3. The highest BCUT2D eigenvalue weighted by Gasteiger charge is 2.08. The van der Waals surface area contributed by atoms with E-state index in [9.17, 15) is 4.79 Å². The summed E-state index contributed by atoms with van der Waals surface area (Å²) in [7, 11) is 0. The van der Waals surface area contributed by atoms with Crippen LogP contribution in [0.3, 0.4) is 0 Å². The number of benzene rings is 1. The third-order valence-electron chi connectivity index (χ3n) is 2.29. The molecule has 1 heterocycles.